The van der Waals surface area contributed by atoms with E-state index < -0.39 is 0 Å². The summed E-state index contributed by atoms with van der Waals surface area (Å²) in [5, 5.41) is 11.3. The summed E-state index contributed by atoms with van der Waals surface area (Å²) >= 11 is 6.04. The van der Waals surface area contributed by atoms with Crippen LogP contribution < -0.4 is 0 Å². The Kier molecular flexibility index (Phi) is 4.83. The van der Waals surface area contributed by atoms with Crippen LogP contribution in [0.4, 0.5) is 0 Å². The average molecular weight is 430 g/mol. The van der Waals surface area contributed by atoms with Gasteiger partial charge in [-0.25, -0.2) is 0 Å². The molecule has 4 fully saturated rings. The van der Waals surface area contributed by atoms with E-state index in [0.29, 0.717) is 42.0 Å². The van der Waals surface area contributed by atoms with E-state index in [-0.39, 0.29) is 34.8 Å². The summed E-state index contributed by atoms with van der Waals surface area (Å²) in [6.45, 7) is 4.98. The zero-order valence-corrected chi connectivity index (χ0v) is 18.7. The van der Waals surface area contributed by atoms with Crippen molar-refractivity contribution in [2.24, 2.45) is 28.6 Å². The minimum absolute atomic E-state index is 0.0143. The largest absolute Gasteiger partial charge is 0.393 e. The van der Waals surface area contributed by atoms with Crippen LogP contribution in [0.15, 0.2) is 24.3 Å². The number of amides is 1. The standard InChI is InChI=1S/C25H32ClNO3/c1-24-12-11-22(30)27(14-15-3-5-16(26)6-4-15)20(24)9-7-17-18-8-10-21(29)25(18,2)13-19(28)23(17)24/h3-6,17-18,20-21,23,29H,7-14H2,1-2H3/t17-,18-,20?,21-,23+,24-,25-/m0/s1. The second-order valence-corrected chi connectivity index (χ2v) is 11.2. The monoisotopic (exact) mass is 429 g/mol. The first-order valence-electron chi connectivity index (χ1n) is 11.5. The minimum Gasteiger partial charge on any atom is -0.393 e. The van der Waals surface area contributed by atoms with Crippen molar-refractivity contribution < 1.29 is 14.7 Å². The van der Waals surface area contributed by atoms with Gasteiger partial charge in [-0.1, -0.05) is 37.6 Å². The molecule has 4 nitrogen and oxygen atoms in total. The van der Waals surface area contributed by atoms with Crippen LogP contribution in [0, 0.1) is 28.6 Å². The lowest BCUT2D eigenvalue weighted by Gasteiger charge is -2.61. The van der Waals surface area contributed by atoms with Crippen molar-refractivity contribution in [2.45, 2.75) is 77.5 Å². The van der Waals surface area contributed by atoms with Crippen LogP contribution in [0.5, 0.6) is 0 Å². The zero-order valence-electron chi connectivity index (χ0n) is 17.9. The van der Waals surface area contributed by atoms with E-state index in [0.717, 1.165) is 37.7 Å². The van der Waals surface area contributed by atoms with Gasteiger partial charge in [-0.15, -0.1) is 0 Å². The number of hydrogen-bond acceptors (Lipinski definition) is 3. The van der Waals surface area contributed by atoms with Gasteiger partial charge in [0, 0.05) is 41.8 Å². The second kappa shape index (κ2) is 7.06. The van der Waals surface area contributed by atoms with Crippen LogP contribution in [0.1, 0.15) is 64.4 Å². The number of halogens is 1. The van der Waals surface area contributed by atoms with Crippen molar-refractivity contribution >= 4 is 23.3 Å². The van der Waals surface area contributed by atoms with Gasteiger partial charge in [-0.3, -0.25) is 9.59 Å². The Morgan fingerprint density at radius 3 is 2.53 bits per heavy atom. The van der Waals surface area contributed by atoms with Gasteiger partial charge in [0.25, 0.3) is 0 Å². The normalized spacial score (nSPS) is 43.2. The van der Waals surface area contributed by atoms with Crippen LogP contribution >= 0.6 is 11.6 Å². The predicted molar refractivity (Wildman–Crippen MR) is 116 cm³/mol. The number of benzene rings is 1. The first-order chi connectivity index (χ1) is 14.2. The predicted octanol–water partition coefficient (Wildman–Crippen LogP) is 4.61. The SMILES string of the molecule is C[C@]12CC(=O)[C@H]3[C@@H](CCC4N(Cc5ccc(Cl)cc5)C(=O)CC[C@@]43C)[C@@H]1CC[C@@H]2O. The van der Waals surface area contributed by atoms with E-state index in [9.17, 15) is 14.7 Å². The molecule has 162 valence electrons. The number of carbonyl (C=O) groups excluding carboxylic acids is 2. The molecule has 1 heterocycles. The summed E-state index contributed by atoms with van der Waals surface area (Å²) in [6.07, 6.45) is 5.23. The van der Waals surface area contributed by atoms with E-state index in [1.54, 1.807) is 0 Å². The van der Waals surface area contributed by atoms with Gasteiger partial charge in [-0.05, 0) is 67.1 Å². The maximum absolute atomic E-state index is 13.5. The molecule has 4 aliphatic rings. The van der Waals surface area contributed by atoms with Crippen molar-refractivity contribution in [3.8, 4) is 0 Å². The zero-order chi connectivity index (χ0) is 21.3. The number of carbonyl (C=O) groups is 2. The molecule has 1 N–H and O–H groups in total. The highest BCUT2D eigenvalue weighted by Crippen LogP contribution is 2.63. The molecule has 0 bridgehead atoms. The number of hydrogen-bond donors (Lipinski definition) is 1. The third-order valence-corrected chi connectivity index (χ3v) is 9.54. The third kappa shape index (κ3) is 2.90. The maximum atomic E-state index is 13.5. The summed E-state index contributed by atoms with van der Waals surface area (Å²) in [5.74, 6) is 1.32. The molecular formula is C25H32ClNO3. The first kappa shape index (κ1) is 20.5. The Bertz CT molecular complexity index is 870. The molecule has 30 heavy (non-hydrogen) atoms. The molecule has 1 aromatic carbocycles. The van der Waals surface area contributed by atoms with Crippen molar-refractivity contribution in [3.05, 3.63) is 34.9 Å². The topological polar surface area (TPSA) is 57.6 Å². The van der Waals surface area contributed by atoms with Crippen LogP contribution in [0.2, 0.25) is 5.02 Å². The molecule has 0 radical (unpaired) electrons. The number of Topliss-reactive ketones (excluding diaryl/α,β-unsaturated/α-hetero) is 1. The van der Waals surface area contributed by atoms with Gasteiger partial charge in [0.2, 0.25) is 5.91 Å². The van der Waals surface area contributed by atoms with Crippen molar-refractivity contribution in [2.75, 3.05) is 0 Å². The van der Waals surface area contributed by atoms with Crippen LogP contribution in [-0.4, -0.2) is 33.8 Å². The maximum Gasteiger partial charge on any atom is 0.223 e. The fraction of sp³-hybridized carbons (Fsp3) is 0.680. The Hall–Kier alpha value is -1.39. The van der Waals surface area contributed by atoms with E-state index in [4.69, 9.17) is 11.6 Å². The van der Waals surface area contributed by atoms with E-state index in [1.807, 2.05) is 29.2 Å². The highest BCUT2D eigenvalue weighted by molar-refractivity contribution is 6.30. The molecule has 3 aliphatic carbocycles. The van der Waals surface area contributed by atoms with E-state index in [2.05, 4.69) is 13.8 Å². The quantitative estimate of drug-likeness (QED) is 0.746. The van der Waals surface area contributed by atoms with Gasteiger partial charge < -0.3 is 10.0 Å². The third-order valence-electron chi connectivity index (χ3n) is 9.29. The average Bonchev–Trinajstić information content (AvgIpc) is 3.00. The highest BCUT2D eigenvalue weighted by atomic mass is 35.5. The lowest BCUT2D eigenvalue weighted by atomic mass is 9.47. The summed E-state index contributed by atoms with van der Waals surface area (Å²) in [6, 6.07) is 7.83. The number of piperidine rings is 1. The van der Waals surface area contributed by atoms with Crippen LogP contribution in [-0.2, 0) is 16.1 Å². The number of rotatable bonds is 2. The minimum atomic E-state index is -0.354. The number of nitrogens with zero attached hydrogens (tertiary/aromatic N) is 1. The summed E-state index contributed by atoms with van der Waals surface area (Å²) < 4.78 is 0. The second-order valence-electron chi connectivity index (χ2n) is 10.7. The number of ketones is 1. The summed E-state index contributed by atoms with van der Waals surface area (Å²) in [4.78, 5) is 28.5. The Labute approximate surface area is 184 Å². The lowest BCUT2D eigenvalue weighted by Crippen LogP contribution is -2.64. The molecular weight excluding hydrogens is 398 g/mol. The van der Waals surface area contributed by atoms with Gasteiger partial charge >= 0.3 is 0 Å². The number of fused-ring (bicyclic) bond motifs is 5. The van der Waals surface area contributed by atoms with Gasteiger partial charge in [0.15, 0.2) is 0 Å². The fourth-order valence-electron chi connectivity index (χ4n) is 7.78. The number of likely N-dealkylation sites (tertiary alicyclic amines) is 1. The smallest absolute Gasteiger partial charge is 0.223 e. The molecule has 0 spiro atoms. The first-order valence-corrected chi connectivity index (χ1v) is 11.9. The van der Waals surface area contributed by atoms with Crippen molar-refractivity contribution in [1.82, 2.24) is 4.90 Å². The summed E-state index contributed by atoms with van der Waals surface area (Å²) in [7, 11) is 0. The molecule has 7 atom stereocenters. The summed E-state index contributed by atoms with van der Waals surface area (Å²) in [5.41, 5.74) is 0.657. The van der Waals surface area contributed by atoms with Crippen LogP contribution in [0.3, 0.4) is 0 Å². The highest BCUT2D eigenvalue weighted by Gasteiger charge is 2.64. The van der Waals surface area contributed by atoms with E-state index >= 15 is 0 Å². The number of aliphatic hydroxyl groups excluding tert-OH is 1. The lowest BCUT2D eigenvalue weighted by molar-refractivity contribution is -0.173. The molecule has 1 unspecified atom stereocenters. The van der Waals surface area contributed by atoms with Crippen molar-refractivity contribution in [1.29, 1.82) is 0 Å². The van der Waals surface area contributed by atoms with Gasteiger partial charge in [0.05, 0.1) is 6.10 Å². The Morgan fingerprint density at radius 1 is 1.07 bits per heavy atom. The molecule has 1 aromatic rings. The molecule has 5 heteroatoms. The fourth-order valence-corrected chi connectivity index (χ4v) is 7.90. The molecule has 0 aromatic heterocycles. The van der Waals surface area contributed by atoms with Gasteiger partial charge in [0.1, 0.15) is 5.78 Å². The Morgan fingerprint density at radius 2 is 1.80 bits per heavy atom. The van der Waals surface area contributed by atoms with Crippen molar-refractivity contribution in [3.63, 3.8) is 0 Å². The number of aliphatic hydroxyl groups is 1. The molecule has 3 saturated carbocycles. The molecule has 1 saturated heterocycles. The Balaban J connectivity index is 1.46. The molecule has 1 aliphatic heterocycles. The van der Waals surface area contributed by atoms with Crippen LogP contribution in [0.25, 0.3) is 0 Å². The molecule has 5 rings (SSSR count). The van der Waals surface area contributed by atoms with Gasteiger partial charge in [-0.2, -0.15) is 0 Å². The molecule has 1 amide bonds. The van der Waals surface area contributed by atoms with E-state index in [1.165, 1.54) is 0 Å².